The summed E-state index contributed by atoms with van der Waals surface area (Å²) >= 11 is 0. The predicted molar refractivity (Wildman–Crippen MR) is 109 cm³/mol. The molecular formula is C23H18N2O4. The second-order valence-electron chi connectivity index (χ2n) is 6.41. The molecular weight excluding hydrogens is 368 g/mol. The number of fused-ring (bicyclic) bond motifs is 1. The summed E-state index contributed by atoms with van der Waals surface area (Å²) in [5.74, 6) is 0.826. The van der Waals surface area contributed by atoms with Crippen LogP contribution in [0.25, 0.3) is 11.0 Å². The monoisotopic (exact) mass is 386 g/mol. The number of methoxy groups -OCH3 is 2. The van der Waals surface area contributed by atoms with E-state index in [1.165, 1.54) is 14.2 Å². The van der Waals surface area contributed by atoms with Gasteiger partial charge in [0.15, 0.2) is 23.1 Å². The van der Waals surface area contributed by atoms with E-state index in [1.807, 2.05) is 18.2 Å². The molecule has 0 fully saturated rings. The topological polar surface area (TPSA) is 81.3 Å². The van der Waals surface area contributed by atoms with Crippen molar-refractivity contribution in [3.8, 4) is 11.5 Å². The lowest BCUT2D eigenvalue weighted by Gasteiger charge is -2.08. The van der Waals surface area contributed by atoms with Crippen molar-refractivity contribution in [3.05, 3.63) is 89.2 Å². The number of ketones is 2. The molecule has 4 rings (SSSR count). The summed E-state index contributed by atoms with van der Waals surface area (Å²) in [5.41, 5.74) is 2.78. The van der Waals surface area contributed by atoms with Crippen molar-refractivity contribution in [2.24, 2.45) is 0 Å². The summed E-state index contributed by atoms with van der Waals surface area (Å²) in [5, 5.41) is 0. The molecule has 1 aromatic heterocycles. The number of nitrogens with one attached hydrogen (secondary N) is 1. The molecule has 0 bridgehead atoms. The molecule has 0 aliphatic carbocycles. The lowest BCUT2D eigenvalue weighted by atomic mass is 10.0. The molecule has 0 saturated carbocycles. The lowest BCUT2D eigenvalue weighted by Crippen LogP contribution is -2.04. The average molecular weight is 386 g/mol. The van der Waals surface area contributed by atoms with Gasteiger partial charge in [-0.3, -0.25) is 9.59 Å². The Labute approximate surface area is 167 Å². The number of benzene rings is 3. The lowest BCUT2D eigenvalue weighted by molar-refractivity contribution is 0.102. The molecule has 0 amide bonds. The maximum Gasteiger partial charge on any atom is 0.228 e. The molecule has 0 atom stereocenters. The van der Waals surface area contributed by atoms with Gasteiger partial charge in [-0.25, -0.2) is 4.98 Å². The van der Waals surface area contributed by atoms with Crippen LogP contribution in [0.2, 0.25) is 0 Å². The van der Waals surface area contributed by atoms with Crippen LogP contribution in [0.3, 0.4) is 0 Å². The quantitative estimate of drug-likeness (QED) is 0.506. The van der Waals surface area contributed by atoms with E-state index in [1.54, 1.807) is 48.5 Å². The van der Waals surface area contributed by atoms with Crippen LogP contribution >= 0.6 is 0 Å². The third-order valence-corrected chi connectivity index (χ3v) is 4.64. The van der Waals surface area contributed by atoms with E-state index >= 15 is 0 Å². The molecule has 144 valence electrons. The first-order valence-corrected chi connectivity index (χ1v) is 8.97. The molecule has 1 N–H and O–H groups in total. The first-order chi connectivity index (χ1) is 14.1. The minimum absolute atomic E-state index is 0.0881. The number of H-pyrrole nitrogens is 1. The Balaban J connectivity index is 1.67. The van der Waals surface area contributed by atoms with Crippen molar-refractivity contribution in [1.82, 2.24) is 9.97 Å². The standard InChI is InChI=1S/C23H18N2O4/c1-28-19-11-9-16(13-20(19)29-2)22(27)23-24-17-10-8-15(12-18(17)25-23)21(26)14-6-4-3-5-7-14/h3-13H,1-2H3,(H,24,25). The summed E-state index contributed by atoms with van der Waals surface area (Å²) in [6.45, 7) is 0. The average Bonchev–Trinajstić information content (AvgIpc) is 3.21. The highest BCUT2D eigenvalue weighted by molar-refractivity contribution is 6.11. The molecule has 0 aliphatic heterocycles. The van der Waals surface area contributed by atoms with Crippen LogP contribution in [0.15, 0.2) is 66.7 Å². The molecule has 0 unspecified atom stereocenters. The molecule has 6 nitrogen and oxygen atoms in total. The minimum atomic E-state index is -0.280. The number of imidazole rings is 1. The van der Waals surface area contributed by atoms with Crippen LogP contribution in [-0.4, -0.2) is 35.8 Å². The number of ether oxygens (including phenoxy) is 2. The van der Waals surface area contributed by atoms with Crippen molar-refractivity contribution >= 4 is 22.6 Å². The van der Waals surface area contributed by atoms with Crippen LogP contribution in [0, 0.1) is 0 Å². The normalized spacial score (nSPS) is 10.7. The zero-order chi connectivity index (χ0) is 20.4. The number of hydrogen-bond acceptors (Lipinski definition) is 5. The van der Waals surface area contributed by atoms with Crippen LogP contribution in [-0.2, 0) is 0 Å². The zero-order valence-electron chi connectivity index (χ0n) is 15.9. The fourth-order valence-electron chi connectivity index (χ4n) is 3.13. The third kappa shape index (κ3) is 3.48. The summed E-state index contributed by atoms with van der Waals surface area (Å²) in [6.07, 6.45) is 0. The number of aromatic nitrogens is 2. The van der Waals surface area contributed by atoms with Crippen LogP contribution in [0.4, 0.5) is 0 Å². The fourth-order valence-corrected chi connectivity index (χ4v) is 3.13. The molecule has 1 heterocycles. The van der Waals surface area contributed by atoms with Crippen molar-refractivity contribution in [2.75, 3.05) is 14.2 Å². The van der Waals surface area contributed by atoms with Crippen molar-refractivity contribution in [1.29, 1.82) is 0 Å². The molecule has 4 aromatic rings. The Kier molecular flexibility index (Phi) is 4.83. The van der Waals surface area contributed by atoms with Crippen LogP contribution < -0.4 is 9.47 Å². The molecule has 6 heteroatoms. The predicted octanol–water partition coefficient (Wildman–Crippen LogP) is 4.04. The van der Waals surface area contributed by atoms with Gasteiger partial charge in [0.2, 0.25) is 5.78 Å². The maximum absolute atomic E-state index is 12.9. The van der Waals surface area contributed by atoms with E-state index in [0.717, 1.165) is 0 Å². The second-order valence-corrected chi connectivity index (χ2v) is 6.41. The summed E-state index contributed by atoms with van der Waals surface area (Å²) < 4.78 is 10.5. The Morgan fingerprint density at radius 1 is 0.759 bits per heavy atom. The van der Waals surface area contributed by atoms with Gasteiger partial charge in [0.05, 0.1) is 25.3 Å². The highest BCUT2D eigenvalue weighted by Gasteiger charge is 2.17. The van der Waals surface area contributed by atoms with E-state index in [9.17, 15) is 9.59 Å². The number of hydrogen-bond donors (Lipinski definition) is 1. The van der Waals surface area contributed by atoms with Crippen molar-refractivity contribution in [2.45, 2.75) is 0 Å². The molecule has 0 spiro atoms. The van der Waals surface area contributed by atoms with E-state index < -0.39 is 0 Å². The molecule has 3 aromatic carbocycles. The number of aromatic amines is 1. The number of carbonyl (C=O) groups excluding carboxylic acids is 2. The van der Waals surface area contributed by atoms with Crippen LogP contribution in [0.5, 0.6) is 11.5 Å². The van der Waals surface area contributed by atoms with Gasteiger partial charge >= 0.3 is 0 Å². The summed E-state index contributed by atoms with van der Waals surface area (Å²) in [6, 6.07) is 19.1. The Morgan fingerprint density at radius 3 is 2.17 bits per heavy atom. The highest BCUT2D eigenvalue weighted by atomic mass is 16.5. The van der Waals surface area contributed by atoms with E-state index in [2.05, 4.69) is 9.97 Å². The van der Waals surface area contributed by atoms with Crippen molar-refractivity contribution in [3.63, 3.8) is 0 Å². The third-order valence-electron chi connectivity index (χ3n) is 4.64. The van der Waals surface area contributed by atoms with Gasteiger partial charge in [-0.1, -0.05) is 30.3 Å². The zero-order valence-corrected chi connectivity index (χ0v) is 15.9. The van der Waals surface area contributed by atoms with E-state index in [4.69, 9.17) is 9.47 Å². The maximum atomic E-state index is 12.9. The molecule has 29 heavy (non-hydrogen) atoms. The molecule has 0 aliphatic rings. The number of nitrogens with zero attached hydrogens (tertiary/aromatic N) is 1. The van der Waals surface area contributed by atoms with Gasteiger partial charge in [0, 0.05) is 16.7 Å². The first kappa shape index (κ1) is 18.4. The minimum Gasteiger partial charge on any atom is -0.493 e. The Hall–Kier alpha value is -3.93. The summed E-state index contributed by atoms with van der Waals surface area (Å²) in [7, 11) is 3.05. The Bertz CT molecular complexity index is 1210. The SMILES string of the molecule is COc1ccc(C(=O)c2nc3ccc(C(=O)c4ccccc4)cc3[nH]2)cc1OC. The molecule has 0 radical (unpaired) electrons. The largest absolute Gasteiger partial charge is 0.493 e. The fraction of sp³-hybridized carbons (Fsp3) is 0.0870. The van der Waals surface area contributed by atoms with E-state index in [0.29, 0.717) is 39.2 Å². The summed E-state index contributed by atoms with van der Waals surface area (Å²) in [4.78, 5) is 32.9. The van der Waals surface area contributed by atoms with Gasteiger partial charge in [0.1, 0.15) is 0 Å². The van der Waals surface area contributed by atoms with Gasteiger partial charge < -0.3 is 14.5 Å². The van der Waals surface area contributed by atoms with E-state index in [-0.39, 0.29) is 17.4 Å². The van der Waals surface area contributed by atoms with Gasteiger partial charge in [-0.05, 0) is 36.4 Å². The number of carbonyl (C=O) groups is 2. The van der Waals surface area contributed by atoms with Crippen LogP contribution in [0.1, 0.15) is 32.1 Å². The first-order valence-electron chi connectivity index (χ1n) is 8.97. The second kappa shape index (κ2) is 7.59. The highest BCUT2D eigenvalue weighted by Crippen LogP contribution is 2.28. The van der Waals surface area contributed by atoms with Gasteiger partial charge in [-0.15, -0.1) is 0 Å². The van der Waals surface area contributed by atoms with Gasteiger partial charge in [0.25, 0.3) is 0 Å². The molecule has 0 saturated heterocycles. The van der Waals surface area contributed by atoms with Crippen molar-refractivity contribution < 1.29 is 19.1 Å². The Morgan fingerprint density at radius 2 is 1.45 bits per heavy atom. The van der Waals surface area contributed by atoms with Gasteiger partial charge in [-0.2, -0.15) is 0 Å². The number of rotatable bonds is 6. The smallest absolute Gasteiger partial charge is 0.228 e.